The number of benzene rings is 4. The van der Waals surface area contributed by atoms with Crippen LogP contribution in [0.2, 0.25) is 0 Å². The van der Waals surface area contributed by atoms with Gasteiger partial charge in [0.15, 0.2) is 0 Å². The summed E-state index contributed by atoms with van der Waals surface area (Å²) in [7, 11) is 0. The van der Waals surface area contributed by atoms with Gasteiger partial charge < -0.3 is 20.9 Å². The first kappa shape index (κ1) is 34.7. The van der Waals surface area contributed by atoms with Crippen LogP contribution in [0.3, 0.4) is 0 Å². The van der Waals surface area contributed by atoms with Gasteiger partial charge in [0.25, 0.3) is 0 Å². The van der Waals surface area contributed by atoms with Gasteiger partial charge >= 0.3 is 0 Å². The van der Waals surface area contributed by atoms with Crippen LogP contribution < -0.4 is 0 Å². The molecule has 0 saturated carbocycles. The molecule has 2 heterocycles. The quantitative estimate of drug-likeness (QED) is 0.151. The molecule has 0 unspecified atom stereocenters. The van der Waals surface area contributed by atoms with Gasteiger partial charge in [-0.05, 0) is 45.1 Å². The molecule has 0 spiro atoms. The standard InChI is InChI=1S/2C15H8F2N.2Ir.2H2O/c2*16-11-5-6-13(14(17)9-11)15-12-4-2-1-3-10(12)7-8-18-15;;;;/h2*1-5,7-9H;;;2*1H2/q2*-1;;;;. The Morgan fingerprint density at radius 3 is 1.27 bits per heavy atom. The Bertz CT molecular complexity index is 1580. The van der Waals surface area contributed by atoms with Crippen molar-refractivity contribution in [3.63, 3.8) is 0 Å². The van der Waals surface area contributed by atoms with Crippen molar-refractivity contribution in [3.8, 4) is 22.5 Å². The zero-order valence-corrected chi connectivity index (χ0v) is 25.1. The van der Waals surface area contributed by atoms with Gasteiger partial charge in [0.1, 0.15) is 0 Å². The fourth-order valence-corrected chi connectivity index (χ4v) is 3.89. The molecule has 0 bridgehead atoms. The molecule has 210 valence electrons. The summed E-state index contributed by atoms with van der Waals surface area (Å²) in [6.07, 6.45) is 3.21. The van der Waals surface area contributed by atoms with Crippen molar-refractivity contribution < 1.29 is 68.7 Å². The minimum absolute atomic E-state index is 0. The van der Waals surface area contributed by atoms with E-state index in [-0.39, 0.29) is 62.3 Å². The molecule has 0 aliphatic heterocycles. The molecule has 2 radical (unpaired) electrons. The van der Waals surface area contributed by atoms with Crippen LogP contribution in [0.4, 0.5) is 17.6 Å². The Morgan fingerprint density at radius 2 is 0.900 bits per heavy atom. The van der Waals surface area contributed by atoms with Crippen LogP contribution in [0.1, 0.15) is 0 Å². The zero-order chi connectivity index (χ0) is 25.1. The molecule has 0 aliphatic rings. The number of hydrogen-bond acceptors (Lipinski definition) is 2. The molecule has 0 amide bonds. The molecule has 0 atom stereocenters. The van der Waals surface area contributed by atoms with E-state index in [4.69, 9.17) is 0 Å². The van der Waals surface area contributed by atoms with Crippen molar-refractivity contribution >= 4 is 21.5 Å². The normalized spacial score (nSPS) is 9.70. The van der Waals surface area contributed by atoms with Crippen LogP contribution >= 0.6 is 0 Å². The van der Waals surface area contributed by atoms with E-state index in [9.17, 15) is 17.6 Å². The van der Waals surface area contributed by atoms with Gasteiger partial charge in [-0.15, -0.1) is 24.3 Å². The molecule has 6 rings (SSSR count). The Morgan fingerprint density at radius 1 is 0.525 bits per heavy atom. The molecule has 0 fully saturated rings. The molecule has 4 nitrogen and oxygen atoms in total. The molecule has 0 saturated heterocycles. The van der Waals surface area contributed by atoms with Crippen LogP contribution in [0, 0.1) is 35.4 Å². The van der Waals surface area contributed by atoms with Gasteiger partial charge in [-0.1, -0.05) is 71.8 Å². The van der Waals surface area contributed by atoms with Gasteiger partial charge in [-0.25, -0.2) is 0 Å². The van der Waals surface area contributed by atoms with Gasteiger partial charge in [-0.2, -0.15) is 0 Å². The van der Waals surface area contributed by atoms with Crippen LogP contribution in [-0.4, -0.2) is 20.9 Å². The van der Waals surface area contributed by atoms with E-state index in [0.29, 0.717) is 11.4 Å². The summed E-state index contributed by atoms with van der Waals surface area (Å²) in [6.45, 7) is 0. The average Bonchev–Trinajstić information content (AvgIpc) is 2.89. The zero-order valence-electron chi connectivity index (χ0n) is 20.3. The Labute approximate surface area is 254 Å². The first-order chi connectivity index (χ1) is 17.5. The summed E-state index contributed by atoms with van der Waals surface area (Å²) in [4.78, 5) is 8.35. The molecule has 4 N–H and O–H groups in total. The molecule has 6 aromatic rings. The van der Waals surface area contributed by atoms with E-state index in [2.05, 4.69) is 22.1 Å². The number of halogens is 4. The van der Waals surface area contributed by atoms with Gasteiger partial charge in [-0.3, -0.25) is 17.6 Å². The Hall–Kier alpha value is -3.36. The van der Waals surface area contributed by atoms with E-state index in [0.717, 1.165) is 45.8 Å². The summed E-state index contributed by atoms with van der Waals surface area (Å²) in [5, 5.41) is 3.56. The fourth-order valence-electron chi connectivity index (χ4n) is 3.89. The number of nitrogens with zero attached hydrogens (tertiary/aromatic N) is 2. The van der Waals surface area contributed by atoms with Crippen LogP contribution in [0.25, 0.3) is 44.1 Å². The monoisotopic (exact) mass is 902 g/mol. The maximum absolute atomic E-state index is 13.8. The third-order valence-corrected chi connectivity index (χ3v) is 5.54. The summed E-state index contributed by atoms with van der Waals surface area (Å²) in [6, 6.07) is 27.9. The minimum atomic E-state index is -0.654. The Balaban J connectivity index is 0.000000364. The third-order valence-electron chi connectivity index (χ3n) is 5.54. The molecule has 0 aliphatic carbocycles. The van der Waals surface area contributed by atoms with Crippen molar-refractivity contribution in [1.82, 2.24) is 9.97 Å². The SMILES string of the molecule is Fc1c[c-]c(-c2nccc3ccccc23)c(F)c1.Fc1c[c-]c(-c2nccc3ccccc23)c(F)c1.O.O.[Ir].[Ir]. The smallest absolute Gasteiger partial charge is 0.0408 e. The molecular weight excluding hydrogens is 881 g/mol. The van der Waals surface area contributed by atoms with Gasteiger partial charge in [0.2, 0.25) is 0 Å². The maximum atomic E-state index is 13.8. The average molecular weight is 901 g/mol. The van der Waals surface area contributed by atoms with E-state index in [1.54, 1.807) is 12.4 Å². The van der Waals surface area contributed by atoms with Gasteiger partial charge in [0, 0.05) is 75.9 Å². The molecule has 40 heavy (non-hydrogen) atoms. The van der Waals surface area contributed by atoms with Crippen LogP contribution in [0.15, 0.2) is 97.3 Å². The van der Waals surface area contributed by atoms with Crippen LogP contribution in [0.5, 0.6) is 0 Å². The topological polar surface area (TPSA) is 88.8 Å². The summed E-state index contributed by atoms with van der Waals surface area (Å²) >= 11 is 0. The molecule has 2 aromatic heterocycles. The predicted octanol–water partition coefficient (Wildman–Crippen LogP) is 6.31. The maximum Gasteiger partial charge on any atom is 0.0408 e. The van der Waals surface area contributed by atoms with E-state index in [1.807, 2.05) is 60.7 Å². The fraction of sp³-hybridized carbons (Fsp3) is 0. The van der Waals surface area contributed by atoms with Crippen LogP contribution in [-0.2, 0) is 40.2 Å². The summed E-state index contributed by atoms with van der Waals surface area (Å²) in [5.41, 5.74) is 1.33. The van der Waals surface area contributed by atoms with Crippen molar-refractivity contribution in [1.29, 1.82) is 0 Å². The molecule has 4 aromatic carbocycles. The number of aromatic nitrogens is 2. The summed E-state index contributed by atoms with van der Waals surface area (Å²) < 4.78 is 53.3. The molecule has 10 heteroatoms. The largest absolute Gasteiger partial charge is 0.412 e. The second-order valence-corrected chi connectivity index (χ2v) is 7.84. The van der Waals surface area contributed by atoms with E-state index in [1.165, 1.54) is 0 Å². The minimum Gasteiger partial charge on any atom is -0.412 e. The number of hydrogen-bond donors (Lipinski definition) is 0. The van der Waals surface area contributed by atoms with Crippen molar-refractivity contribution in [2.45, 2.75) is 0 Å². The van der Waals surface area contributed by atoms with E-state index < -0.39 is 23.3 Å². The Kier molecular flexibility index (Phi) is 13.4. The number of fused-ring (bicyclic) bond motifs is 2. The summed E-state index contributed by atoms with van der Waals surface area (Å²) in [5.74, 6) is -2.59. The van der Waals surface area contributed by atoms with Crippen molar-refractivity contribution in [2.75, 3.05) is 0 Å². The van der Waals surface area contributed by atoms with Crippen molar-refractivity contribution in [2.24, 2.45) is 0 Å². The van der Waals surface area contributed by atoms with Gasteiger partial charge in [0.05, 0.1) is 0 Å². The molecular formula is C30H20F4Ir2N2O2-2. The number of rotatable bonds is 2. The number of pyridine rings is 2. The predicted molar refractivity (Wildman–Crippen MR) is 139 cm³/mol. The first-order valence-corrected chi connectivity index (χ1v) is 10.9. The second kappa shape index (κ2) is 15.4. The third kappa shape index (κ3) is 7.43. The van der Waals surface area contributed by atoms with Crippen molar-refractivity contribution in [3.05, 3.63) is 133 Å². The second-order valence-electron chi connectivity index (χ2n) is 7.84. The first-order valence-electron chi connectivity index (χ1n) is 10.9. The van der Waals surface area contributed by atoms with E-state index >= 15 is 0 Å².